The first kappa shape index (κ1) is 14.9. The van der Waals surface area contributed by atoms with Crippen molar-refractivity contribution in [1.29, 1.82) is 0 Å². The van der Waals surface area contributed by atoms with E-state index in [2.05, 4.69) is 18.8 Å². The Balaban J connectivity index is 2.76. The SMILES string of the molecule is C=CCCCC(NCCC)c1ccc(F)cc1C. The minimum absolute atomic E-state index is 0.156. The summed E-state index contributed by atoms with van der Waals surface area (Å²) >= 11 is 0. The van der Waals surface area contributed by atoms with Crippen LogP contribution in [0.25, 0.3) is 0 Å². The van der Waals surface area contributed by atoms with E-state index < -0.39 is 0 Å². The normalized spacial score (nSPS) is 12.4. The first-order chi connectivity index (χ1) is 8.69. The molecule has 0 fully saturated rings. The van der Waals surface area contributed by atoms with Crippen molar-refractivity contribution in [1.82, 2.24) is 5.32 Å². The van der Waals surface area contributed by atoms with Gasteiger partial charge in [-0.1, -0.05) is 19.1 Å². The summed E-state index contributed by atoms with van der Waals surface area (Å²) < 4.78 is 13.1. The van der Waals surface area contributed by atoms with Gasteiger partial charge in [-0.2, -0.15) is 0 Å². The molecule has 0 saturated heterocycles. The van der Waals surface area contributed by atoms with Crippen LogP contribution in [-0.4, -0.2) is 6.54 Å². The first-order valence-electron chi connectivity index (χ1n) is 6.79. The van der Waals surface area contributed by atoms with E-state index in [9.17, 15) is 4.39 Å². The minimum atomic E-state index is -0.156. The highest BCUT2D eigenvalue weighted by Crippen LogP contribution is 2.23. The van der Waals surface area contributed by atoms with Gasteiger partial charge in [-0.05, 0) is 62.4 Å². The summed E-state index contributed by atoms with van der Waals surface area (Å²) in [6, 6.07) is 5.40. The smallest absolute Gasteiger partial charge is 0.123 e. The molecule has 0 amide bonds. The molecule has 0 radical (unpaired) electrons. The Labute approximate surface area is 110 Å². The standard InChI is InChI=1S/C16H24FN/c1-4-6-7-8-16(18-11-5-2)15-10-9-14(17)12-13(15)3/h4,9-10,12,16,18H,1,5-8,11H2,2-3H3. The highest BCUT2D eigenvalue weighted by Gasteiger charge is 2.12. The number of benzene rings is 1. The molecule has 0 heterocycles. The Bertz CT molecular complexity index is 373. The van der Waals surface area contributed by atoms with Gasteiger partial charge in [0.05, 0.1) is 0 Å². The lowest BCUT2D eigenvalue weighted by Gasteiger charge is -2.20. The number of allylic oxidation sites excluding steroid dienone is 1. The van der Waals surface area contributed by atoms with Gasteiger partial charge in [0.1, 0.15) is 5.82 Å². The van der Waals surface area contributed by atoms with Crippen LogP contribution in [0.5, 0.6) is 0 Å². The highest BCUT2D eigenvalue weighted by molar-refractivity contribution is 5.29. The first-order valence-corrected chi connectivity index (χ1v) is 6.79. The molecule has 0 spiro atoms. The molecule has 0 aliphatic heterocycles. The van der Waals surface area contributed by atoms with E-state index in [-0.39, 0.29) is 5.82 Å². The molecule has 0 aliphatic rings. The molecule has 1 rings (SSSR count). The maximum atomic E-state index is 13.1. The van der Waals surface area contributed by atoms with Gasteiger partial charge in [0.25, 0.3) is 0 Å². The Hall–Kier alpha value is -1.15. The van der Waals surface area contributed by atoms with Gasteiger partial charge in [0, 0.05) is 6.04 Å². The van der Waals surface area contributed by atoms with Crippen molar-refractivity contribution in [2.75, 3.05) is 6.54 Å². The fraction of sp³-hybridized carbons (Fsp3) is 0.500. The quantitative estimate of drug-likeness (QED) is 0.527. The van der Waals surface area contributed by atoms with Crippen LogP contribution >= 0.6 is 0 Å². The third kappa shape index (κ3) is 4.61. The van der Waals surface area contributed by atoms with E-state index in [0.29, 0.717) is 6.04 Å². The van der Waals surface area contributed by atoms with Crippen LogP contribution in [0.3, 0.4) is 0 Å². The molecule has 1 nitrogen and oxygen atoms in total. The Kier molecular flexibility index (Phi) is 6.66. The highest BCUT2D eigenvalue weighted by atomic mass is 19.1. The second-order valence-electron chi connectivity index (χ2n) is 4.73. The molecule has 1 atom stereocenters. The van der Waals surface area contributed by atoms with E-state index in [1.165, 1.54) is 5.56 Å². The molecule has 0 aromatic heterocycles. The van der Waals surface area contributed by atoms with Crippen LogP contribution in [-0.2, 0) is 0 Å². The molecule has 0 saturated carbocycles. The summed E-state index contributed by atoms with van der Waals surface area (Å²) in [4.78, 5) is 0. The molecule has 100 valence electrons. The number of hydrogen-bond donors (Lipinski definition) is 1. The van der Waals surface area contributed by atoms with Gasteiger partial charge in [-0.3, -0.25) is 0 Å². The molecule has 1 unspecified atom stereocenters. The zero-order valence-corrected chi connectivity index (χ0v) is 11.5. The van der Waals surface area contributed by atoms with E-state index in [1.807, 2.05) is 19.1 Å². The van der Waals surface area contributed by atoms with E-state index in [4.69, 9.17) is 0 Å². The zero-order valence-electron chi connectivity index (χ0n) is 11.5. The average molecular weight is 249 g/mol. The Morgan fingerprint density at radius 1 is 1.44 bits per heavy atom. The number of unbranched alkanes of at least 4 members (excludes halogenated alkanes) is 1. The van der Waals surface area contributed by atoms with Crippen molar-refractivity contribution < 1.29 is 4.39 Å². The lowest BCUT2D eigenvalue weighted by molar-refractivity contribution is 0.483. The van der Waals surface area contributed by atoms with Crippen LogP contribution < -0.4 is 5.32 Å². The number of hydrogen-bond acceptors (Lipinski definition) is 1. The maximum absolute atomic E-state index is 13.1. The van der Waals surface area contributed by atoms with Crippen LogP contribution in [0.2, 0.25) is 0 Å². The van der Waals surface area contributed by atoms with Gasteiger partial charge < -0.3 is 5.32 Å². The molecule has 1 N–H and O–H groups in total. The molecule has 0 bridgehead atoms. The predicted molar refractivity (Wildman–Crippen MR) is 76.2 cm³/mol. The van der Waals surface area contributed by atoms with Crippen LogP contribution in [0.15, 0.2) is 30.9 Å². The Morgan fingerprint density at radius 2 is 2.22 bits per heavy atom. The number of nitrogens with one attached hydrogen (secondary N) is 1. The predicted octanol–water partition coefficient (Wildman–Crippen LogP) is 4.53. The van der Waals surface area contributed by atoms with Crippen molar-refractivity contribution >= 4 is 0 Å². The molecule has 1 aromatic carbocycles. The molecule has 18 heavy (non-hydrogen) atoms. The van der Waals surface area contributed by atoms with Crippen LogP contribution in [0.4, 0.5) is 4.39 Å². The number of halogens is 1. The van der Waals surface area contributed by atoms with Crippen LogP contribution in [0, 0.1) is 12.7 Å². The molecule has 1 aromatic rings. The van der Waals surface area contributed by atoms with Crippen molar-refractivity contribution in [3.05, 3.63) is 47.8 Å². The number of aryl methyl sites for hydroxylation is 1. The average Bonchev–Trinajstić information content (AvgIpc) is 2.34. The van der Waals surface area contributed by atoms with Crippen molar-refractivity contribution in [2.24, 2.45) is 0 Å². The van der Waals surface area contributed by atoms with Gasteiger partial charge in [-0.15, -0.1) is 6.58 Å². The Morgan fingerprint density at radius 3 is 2.83 bits per heavy atom. The second kappa shape index (κ2) is 8.04. The molecular formula is C16H24FN. The summed E-state index contributed by atoms with van der Waals surface area (Å²) in [6.45, 7) is 8.88. The van der Waals surface area contributed by atoms with Gasteiger partial charge in [-0.25, -0.2) is 4.39 Å². The fourth-order valence-electron chi connectivity index (χ4n) is 2.18. The third-order valence-corrected chi connectivity index (χ3v) is 3.15. The lowest BCUT2D eigenvalue weighted by Crippen LogP contribution is -2.23. The number of rotatable bonds is 8. The molecule has 2 heteroatoms. The second-order valence-corrected chi connectivity index (χ2v) is 4.73. The topological polar surface area (TPSA) is 12.0 Å². The van der Waals surface area contributed by atoms with Crippen molar-refractivity contribution in [3.63, 3.8) is 0 Å². The summed E-state index contributed by atoms with van der Waals surface area (Å²) in [7, 11) is 0. The largest absolute Gasteiger partial charge is 0.310 e. The van der Waals surface area contributed by atoms with Gasteiger partial charge in [0.2, 0.25) is 0 Å². The van der Waals surface area contributed by atoms with Crippen LogP contribution in [0.1, 0.15) is 49.8 Å². The minimum Gasteiger partial charge on any atom is -0.310 e. The lowest BCUT2D eigenvalue weighted by atomic mass is 9.96. The monoisotopic (exact) mass is 249 g/mol. The third-order valence-electron chi connectivity index (χ3n) is 3.15. The molecular weight excluding hydrogens is 225 g/mol. The van der Waals surface area contributed by atoms with Gasteiger partial charge in [0.15, 0.2) is 0 Å². The van der Waals surface area contributed by atoms with Crippen molar-refractivity contribution in [3.8, 4) is 0 Å². The van der Waals surface area contributed by atoms with Gasteiger partial charge >= 0.3 is 0 Å². The van der Waals surface area contributed by atoms with E-state index in [0.717, 1.165) is 37.8 Å². The molecule has 0 aliphatic carbocycles. The van der Waals surface area contributed by atoms with E-state index in [1.54, 1.807) is 12.1 Å². The maximum Gasteiger partial charge on any atom is 0.123 e. The van der Waals surface area contributed by atoms with E-state index >= 15 is 0 Å². The summed E-state index contributed by atoms with van der Waals surface area (Å²) in [5.74, 6) is -0.156. The summed E-state index contributed by atoms with van der Waals surface area (Å²) in [6.07, 6.45) is 6.28. The summed E-state index contributed by atoms with van der Waals surface area (Å²) in [5, 5.41) is 3.55. The van der Waals surface area contributed by atoms with Crippen molar-refractivity contribution in [2.45, 2.75) is 45.6 Å². The zero-order chi connectivity index (χ0) is 13.4. The fourth-order valence-corrected chi connectivity index (χ4v) is 2.18. The summed E-state index contributed by atoms with van der Waals surface area (Å²) in [5.41, 5.74) is 2.25.